The van der Waals surface area contributed by atoms with Crippen molar-refractivity contribution in [1.29, 1.82) is 5.26 Å². The number of nitrogens with two attached hydrogens (primary N) is 1. The lowest BCUT2D eigenvalue weighted by Crippen LogP contribution is -2.24. The Kier molecular flexibility index (Phi) is 3.25. The predicted molar refractivity (Wildman–Crippen MR) is 76.8 cm³/mol. The topological polar surface area (TPSA) is 67.6 Å². The first kappa shape index (κ1) is 13.4. The van der Waals surface area contributed by atoms with Crippen LogP contribution in [0.2, 0.25) is 5.02 Å². The summed E-state index contributed by atoms with van der Waals surface area (Å²) in [5, 5.41) is 14.4. The van der Waals surface area contributed by atoms with E-state index in [2.05, 4.69) is 11.2 Å². The van der Waals surface area contributed by atoms with Crippen LogP contribution in [0, 0.1) is 11.3 Å². The zero-order valence-electron chi connectivity index (χ0n) is 11.1. The maximum absolute atomic E-state index is 9.28. The summed E-state index contributed by atoms with van der Waals surface area (Å²) in [6.07, 6.45) is 0. The summed E-state index contributed by atoms with van der Waals surface area (Å²) >= 11 is 5.87. The highest BCUT2D eigenvalue weighted by atomic mass is 35.5. The van der Waals surface area contributed by atoms with Crippen LogP contribution >= 0.6 is 11.6 Å². The first-order chi connectivity index (χ1) is 8.84. The lowest BCUT2D eigenvalue weighted by atomic mass is 10.1. The molecule has 0 fully saturated rings. The number of anilines is 1. The van der Waals surface area contributed by atoms with Crippen LogP contribution in [0.4, 0.5) is 5.82 Å². The van der Waals surface area contributed by atoms with E-state index >= 15 is 0 Å². The summed E-state index contributed by atoms with van der Waals surface area (Å²) in [5.41, 5.74) is 7.56. The van der Waals surface area contributed by atoms with Gasteiger partial charge in [0.1, 0.15) is 23.1 Å². The monoisotopic (exact) mass is 274 g/mol. The van der Waals surface area contributed by atoms with Gasteiger partial charge in [-0.3, -0.25) is 0 Å². The highest BCUT2D eigenvalue weighted by Gasteiger charge is 2.23. The normalized spacial score (nSPS) is 11.3. The summed E-state index contributed by atoms with van der Waals surface area (Å²) < 4.78 is 1.68. The van der Waals surface area contributed by atoms with Gasteiger partial charge >= 0.3 is 0 Å². The predicted octanol–water partition coefficient (Wildman–Crippen LogP) is 3.41. The maximum Gasteiger partial charge on any atom is 0.141 e. The number of aromatic nitrogens is 2. The molecular weight excluding hydrogens is 260 g/mol. The standard InChI is InChI=1S/C14H15ClN4/c1-14(2,3)19-13(17)11(8-16)12(18-19)9-4-6-10(15)7-5-9/h4-7H,17H2,1-3H3. The van der Waals surface area contributed by atoms with Crippen LogP contribution < -0.4 is 5.73 Å². The highest BCUT2D eigenvalue weighted by molar-refractivity contribution is 6.30. The van der Waals surface area contributed by atoms with Gasteiger partial charge in [0.05, 0.1) is 5.54 Å². The molecular formula is C14H15ClN4. The molecule has 0 atom stereocenters. The second-order valence-electron chi connectivity index (χ2n) is 5.31. The Bertz CT molecular complexity index is 642. The van der Waals surface area contributed by atoms with Crippen LogP contribution in [0.25, 0.3) is 11.3 Å². The van der Waals surface area contributed by atoms with Gasteiger partial charge in [0, 0.05) is 10.6 Å². The fourth-order valence-corrected chi connectivity index (χ4v) is 1.99. The highest BCUT2D eigenvalue weighted by Crippen LogP contribution is 2.30. The van der Waals surface area contributed by atoms with Gasteiger partial charge in [-0.2, -0.15) is 10.4 Å². The average Bonchev–Trinajstić information content (AvgIpc) is 2.67. The van der Waals surface area contributed by atoms with Crippen molar-refractivity contribution in [2.24, 2.45) is 0 Å². The average molecular weight is 275 g/mol. The molecule has 0 aliphatic rings. The molecule has 2 rings (SSSR count). The number of hydrogen-bond donors (Lipinski definition) is 1. The van der Waals surface area contributed by atoms with Crippen LogP contribution in [0.15, 0.2) is 24.3 Å². The Balaban J connectivity index is 2.65. The SMILES string of the molecule is CC(C)(C)n1nc(-c2ccc(Cl)cc2)c(C#N)c1N. The van der Waals surface area contributed by atoms with Crippen molar-refractivity contribution in [3.8, 4) is 17.3 Å². The Labute approximate surface area is 117 Å². The first-order valence-electron chi connectivity index (χ1n) is 5.89. The third-order valence-corrected chi connectivity index (χ3v) is 3.04. The maximum atomic E-state index is 9.28. The summed E-state index contributed by atoms with van der Waals surface area (Å²) in [4.78, 5) is 0. The molecule has 1 aromatic heterocycles. The number of halogens is 1. The molecule has 0 saturated heterocycles. The van der Waals surface area contributed by atoms with E-state index in [0.29, 0.717) is 22.1 Å². The van der Waals surface area contributed by atoms with Crippen LogP contribution in [0.5, 0.6) is 0 Å². The van der Waals surface area contributed by atoms with Gasteiger partial charge in [0.25, 0.3) is 0 Å². The van der Waals surface area contributed by atoms with E-state index in [1.807, 2.05) is 32.9 Å². The Morgan fingerprint density at radius 1 is 1.26 bits per heavy atom. The fourth-order valence-electron chi connectivity index (χ4n) is 1.86. The van der Waals surface area contributed by atoms with E-state index in [4.69, 9.17) is 17.3 Å². The molecule has 0 aliphatic carbocycles. The van der Waals surface area contributed by atoms with Gasteiger partial charge < -0.3 is 5.73 Å². The molecule has 0 saturated carbocycles. The van der Waals surface area contributed by atoms with Crippen molar-refractivity contribution in [2.75, 3.05) is 5.73 Å². The van der Waals surface area contributed by atoms with Crippen LogP contribution in [0.1, 0.15) is 26.3 Å². The van der Waals surface area contributed by atoms with Crippen molar-refractivity contribution < 1.29 is 0 Å². The van der Waals surface area contributed by atoms with Gasteiger partial charge in [-0.15, -0.1) is 0 Å². The van der Waals surface area contributed by atoms with E-state index in [9.17, 15) is 5.26 Å². The number of nitriles is 1. The zero-order chi connectivity index (χ0) is 14.2. The van der Waals surface area contributed by atoms with Crippen LogP contribution in [0.3, 0.4) is 0 Å². The molecule has 1 aromatic carbocycles. The molecule has 0 amide bonds. The van der Waals surface area contributed by atoms with Gasteiger partial charge in [0.15, 0.2) is 0 Å². The molecule has 0 spiro atoms. The third-order valence-electron chi connectivity index (χ3n) is 2.79. The van der Waals surface area contributed by atoms with E-state index in [-0.39, 0.29) is 5.54 Å². The molecule has 0 bridgehead atoms. The van der Waals surface area contributed by atoms with E-state index < -0.39 is 0 Å². The number of benzene rings is 1. The van der Waals surface area contributed by atoms with Crippen molar-refractivity contribution in [3.05, 3.63) is 34.9 Å². The third kappa shape index (κ3) is 2.42. The largest absolute Gasteiger partial charge is 0.383 e. The lowest BCUT2D eigenvalue weighted by molar-refractivity contribution is 0.362. The molecule has 5 heteroatoms. The zero-order valence-corrected chi connectivity index (χ0v) is 11.9. The smallest absolute Gasteiger partial charge is 0.141 e. The van der Waals surface area contributed by atoms with Crippen molar-refractivity contribution in [1.82, 2.24) is 9.78 Å². The van der Waals surface area contributed by atoms with E-state index in [1.165, 1.54) is 0 Å². The molecule has 2 N–H and O–H groups in total. The molecule has 2 aromatic rings. The second kappa shape index (κ2) is 4.60. The number of hydrogen-bond acceptors (Lipinski definition) is 3. The fraction of sp³-hybridized carbons (Fsp3) is 0.286. The lowest BCUT2D eigenvalue weighted by Gasteiger charge is -2.20. The first-order valence-corrected chi connectivity index (χ1v) is 6.27. The van der Waals surface area contributed by atoms with Crippen molar-refractivity contribution in [2.45, 2.75) is 26.3 Å². The summed E-state index contributed by atoms with van der Waals surface area (Å²) in [7, 11) is 0. The van der Waals surface area contributed by atoms with E-state index in [1.54, 1.807) is 16.8 Å². The minimum atomic E-state index is -0.277. The number of nitrogens with zero attached hydrogens (tertiary/aromatic N) is 3. The van der Waals surface area contributed by atoms with Gasteiger partial charge in [-0.25, -0.2) is 4.68 Å². The minimum absolute atomic E-state index is 0.277. The molecule has 4 nitrogen and oxygen atoms in total. The summed E-state index contributed by atoms with van der Waals surface area (Å²) in [6, 6.07) is 9.33. The molecule has 0 radical (unpaired) electrons. The Hall–Kier alpha value is -1.99. The van der Waals surface area contributed by atoms with Gasteiger partial charge in [-0.1, -0.05) is 23.7 Å². The van der Waals surface area contributed by atoms with Gasteiger partial charge in [-0.05, 0) is 32.9 Å². The molecule has 98 valence electrons. The number of rotatable bonds is 1. The molecule has 0 aliphatic heterocycles. The molecule has 1 heterocycles. The Morgan fingerprint density at radius 3 is 2.32 bits per heavy atom. The van der Waals surface area contributed by atoms with Crippen molar-refractivity contribution in [3.63, 3.8) is 0 Å². The summed E-state index contributed by atoms with van der Waals surface area (Å²) in [5.74, 6) is 0.389. The molecule has 0 unspecified atom stereocenters. The Morgan fingerprint density at radius 2 is 1.84 bits per heavy atom. The van der Waals surface area contributed by atoms with Crippen LogP contribution in [-0.2, 0) is 5.54 Å². The quantitative estimate of drug-likeness (QED) is 0.866. The minimum Gasteiger partial charge on any atom is -0.383 e. The van der Waals surface area contributed by atoms with E-state index in [0.717, 1.165) is 5.56 Å². The summed E-state index contributed by atoms with van der Waals surface area (Å²) in [6.45, 7) is 5.97. The van der Waals surface area contributed by atoms with Crippen LogP contribution in [-0.4, -0.2) is 9.78 Å². The number of nitrogen functional groups attached to an aromatic ring is 1. The van der Waals surface area contributed by atoms with Gasteiger partial charge in [0.2, 0.25) is 0 Å². The van der Waals surface area contributed by atoms with Crippen molar-refractivity contribution >= 4 is 17.4 Å². The second-order valence-corrected chi connectivity index (χ2v) is 5.75. The molecule has 19 heavy (non-hydrogen) atoms.